The van der Waals surface area contributed by atoms with Gasteiger partial charge in [0.25, 0.3) is 11.2 Å². The second kappa shape index (κ2) is 1.52. The molecule has 0 radical (unpaired) electrons. The maximum atomic E-state index is 5.40. The first kappa shape index (κ1) is 5.58. The molecule has 3 aliphatic rings. The molecule has 1 aromatic rings. The van der Waals surface area contributed by atoms with E-state index in [1.165, 1.54) is 0 Å². The molecule has 0 amide bonds. The molecule has 0 saturated carbocycles. The highest BCUT2D eigenvalue weighted by molar-refractivity contribution is 5.80. The van der Waals surface area contributed by atoms with E-state index in [1.807, 2.05) is 0 Å². The van der Waals surface area contributed by atoms with Gasteiger partial charge >= 0.3 is 11.9 Å². The van der Waals surface area contributed by atoms with Crippen LogP contribution in [0.3, 0.4) is 0 Å². The molecule has 0 aromatic carbocycles. The number of furan rings is 1. The molecule has 3 heterocycles. The zero-order valence-electron chi connectivity index (χ0n) is 6.20. The van der Waals surface area contributed by atoms with Gasteiger partial charge in [0, 0.05) is 0 Å². The van der Waals surface area contributed by atoms with Gasteiger partial charge in [-0.15, -0.1) is 0 Å². The maximum absolute atomic E-state index is 5.40. The first-order chi connectivity index (χ1) is 6.42. The summed E-state index contributed by atoms with van der Waals surface area (Å²) in [6.45, 7) is 0. The molecule has 1 aliphatic carbocycles. The van der Waals surface area contributed by atoms with Crippen LogP contribution in [0.5, 0.6) is 11.9 Å². The Hall–Kier alpha value is -2.04. The minimum Gasteiger partial charge on any atom is -0.442 e. The van der Waals surface area contributed by atoms with E-state index >= 15 is 0 Å². The third-order valence-corrected chi connectivity index (χ3v) is 2.01. The minimum absolute atomic E-state index is 0.205. The van der Waals surface area contributed by atoms with E-state index in [-0.39, 0.29) is 11.9 Å². The Labute approximate surface area is 70.0 Å². The Balaban J connectivity index is 2.38. The lowest BCUT2D eigenvalue weighted by molar-refractivity contribution is -0.0872. The van der Waals surface area contributed by atoms with Crippen LogP contribution in [-0.2, 0) is 0 Å². The van der Waals surface area contributed by atoms with Crippen LogP contribution in [0.1, 0.15) is 0 Å². The van der Waals surface area contributed by atoms with Crippen LogP contribution in [0, 0.1) is 10.8 Å². The predicted octanol–water partition coefficient (Wildman–Crippen LogP) is 2.03. The fourth-order valence-electron chi connectivity index (χ4n) is 1.33. The Morgan fingerprint density at radius 2 is 1.23 bits per heavy atom. The van der Waals surface area contributed by atoms with E-state index in [4.69, 9.17) is 13.3 Å². The van der Waals surface area contributed by atoms with Crippen molar-refractivity contribution in [2.75, 3.05) is 0 Å². The average molecular weight is 178 g/mol. The van der Waals surface area contributed by atoms with Gasteiger partial charge in [-0.3, -0.25) is 0 Å². The average Bonchev–Trinajstić information content (AvgIpc) is 2.67. The normalized spacial score (nSPS) is 13.8. The van der Waals surface area contributed by atoms with Gasteiger partial charge < -0.3 is 13.3 Å². The van der Waals surface area contributed by atoms with Crippen LogP contribution in [0.25, 0.3) is 11.2 Å². The molecule has 2 bridgehead atoms. The molecular formula is C8H2O5. The smallest absolute Gasteiger partial charge is 0.386 e. The van der Waals surface area contributed by atoms with Crippen molar-refractivity contribution in [1.82, 2.24) is 0 Å². The first-order valence-corrected chi connectivity index (χ1v) is 3.71. The fraction of sp³-hybridized carbons (Fsp3) is 0. The molecule has 0 atom stereocenters. The summed E-state index contributed by atoms with van der Waals surface area (Å²) >= 11 is 0. The Morgan fingerprint density at radius 1 is 0.692 bits per heavy atom. The lowest BCUT2D eigenvalue weighted by Gasteiger charge is -2.00. The standard InChI is InChI=1S/C8H2O5/c1-2-4-3(1)9-5-6(10-4)8-11-7(5)12-13-8/h1-2H. The van der Waals surface area contributed by atoms with E-state index in [0.29, 0.717) is 22.0 Å². The third kappa shape index (κ3) is 0.488. The molecule has 2 aliphatic heterocycles. The van der Waals surface area contributed by atoms with Crippen LogP contribution >= 0.6 is 0 Å². The highest BCUT2D eigenvalue weighted by Gasteiger charge is 2.30. The van der Waals surface area contributed by atoms with E-state index < -0.39 is 0 Å². The number of hydrogen-bond donors (Lipinski definition) is 0. The van der Waals surface area contributed by atoms with Crippen LogP contribution in [0.2, 0.25) is 0 Å². The van der Waals surface area contributed by atoms with E-state index in [0.717, 1.165) is 0 Å². The molecule has 5 nitrogen and oxygen atoms in total. The quantitative estimate of drug-likeness (QED) is 0.493. The van der Waals surface area contributed by atoms with Crippen molar-refractivity contribution in [2.45, 2.75) is 0 Å². The van der Waals surface area contributed by atoms with E-state index in [2.05, 4.69) is 9.78 Å². The van der Waals surface area contributed by atoms with Crippen molar-refractivity contribution in [2.24, 2.45) is 0 Å². The summed E-state index contributed by atoms with van der Waals surface area (Å²) in [6.07, 6.45) is 0. The SMILES string of the molecule is c1cc2oc3c4oc(c3oc1=2)OO4. The van der Waals surface area contributed by atoms with Crippen molar-refractivity contribution in [3.05, 3.63) is 23.0 Å². The fourth-order valence-corrected chi connectivity index (χ4v) is 1.33. The number of hydrogen-bond acceptors (Lipinski definition) is 5. The minimum atomic E-state index is 0.205. The Kier molecular flexibility index (Phi) is 0.651. The summed E-state index contributed by atoms with van der Waals surface area (Å²) in [6, 6.07) is 3.61. The summed E-state index contributed by atoms with van der Waals surface area (Å²) in [5, 5.41) is 0. The van der Waals surface area contributed by atoms with Crippen molar-refractivity contribution in [3.63, 3.8) is 0 Å². The van der Waals surface area contributed by atoms with Crippen LogP contribution in [-0.4, -0.2) is 0 Å². The molecule has 0 fully saturated rings. The van der Waals surface area contributed by atoms with Crippen molar-refractivity contribution >= 4 is 11.2 Å². The van der Waals surface area contributed by atoms with Crippen molar-refractivity contribution < 1.29 is 23.0 Å². The summed E-state index contributed by atoms with van der Waals surface area (Å²) in [7, 11) is 0. The second-order valence-electron chi connectivity index (χ2n) is 2.77. The zero-order valence-corrected chi connectivity index (χ0v) is 6.20. The topological polar surface area (TPSA) is 57.9 Å². The van der Waals surface area contributed by atoms with Gasteiger partial charge in [-0.25, -0.2) is 9.78 Å². The Morgan fingerprint density at radius 3 is 1.69 bits per heavy atom. The van der Waals surface area contributed by atoms with E-state index in [1.54, 1.807) is 12.1 Å². The molecule has 0 saturated heterocycles. The monoisotopic (exact) mass is 178 g/mol. The Bertz CT molecular complexity index is 599. The zero-order chi connectivity index (χ0) is 8.41. The predicted molar refractivity (Wildman–Crippen MR) is 37.3 cm³/mol. The van der Waals surface area contributed by atoms with Crippen molar-refractivity contribution in [1.29, 1.82) is 0 Å². The highest BCUT2D eigenvalue weighted by atomic mass is 17.3. The van der Waals surface area contributed by atoms with Crippen molar-refractivity contribution in [3.8, 4) is 11.9 Å². The van der Waals surface area contributed by atoms with Gasteiger partial charge in [-0.1, -0.05) is 0 Å². The molecule has 1 aromatic heterocycles. The summed E-state index contributed by atoms with van der Waals surface area (Å²) in [5.41, 5.74) is 2.27. The molecule has 4 rings (SSSR count). The lowest BCUT2D eigenvalue weighted by Crippen LogP contribution is -1.97. The maximum Gasteiger partial charge on any atom is 0.386 e. The van der Waals surface area contributed by atoms with Gasteiger partial charge in [0.1, 0.15) is 0 Å². The number of fused-ring (bicyclic) bond motifs is 5. The molecule has 0 unspecified atom stereocenters. The molecule has 0 spiro atoms. The van der Waals surface area contributed by atoms with E-state index in [9.17, 15) is 0 Å². The molecule has 13 heavy (non-hydrogen) atoms. The summed E-state index contributed by atoms with van der Waals surface area (Å²) < 4.78 is 15.9. The van der Waals surface area contributed by atoms with Crippen LogP contribution in [0.15, 0.2) is 25.4 Å². The largest absolute Gasteiger partial charge is 0.442 e. The molecule has 0 N–H and O–H groups in total. The van der Waals surface area contributed by atoms with Gasteiger partial charge in [-0.2, -0.15) is 0 Å². The number of rotatable bonds is 0. The first-order valence-electron chi connectivity index (χ1n) is 3.71. The molecule has 5 heteroatoms. The van der Waals surface area contributed by atoms with Gasteiger partial charge in [-0.05, 0) is 12.1 Å². The van der Waals surface area contributed by atoms with Gasteiger partial charge in [0.2, 0.25) is 0 Å². The van der Waals surface area contributed by atoms with Gasteiger partial charge in [0.15, 0.2) is 10.8 Å². The van der Waals surface area contributed by atoms with Crippen LogP contribution in [0.4, 0.5) is 0 Å². The van der Waals surface area contributed by atoms with Gasteiger partial charge in [0.05, 0.1) is 0 Å². The molecular weight excluding hydrogens is 176 g/mol. The summed E-state index contributed by atoms with van der Waals surface area (Å²) in [4.78, 5) is 9.35. The van der Waals surface area contributed by atoms with Crippen LogP contribution < -0.4 is 9.78 Å². The molecule has 64 valence electrons. The highest BCUT2D eigenvalue weighted by Crippen LogP contribution is 2.42. The third-order valence-electron chi connectivity index (χ3n) is 2.01. The second-order valence-corrected chi connectivity index (χ2v) is 2.77. The lowest BCUT2D eigenvalue weighted by atomic mass is 10.3. The summed E-state index contributed by atoms with van der Waals surface area (Å²) in [5.74, 6) is 0.411.